The fourth-order valence-electron chi connectivity index (χ4n) is 3.01. The Morgan fingerprint density at radius 3 is 2.35 bits per heavy atom. The zero-order chi connectivity index (χ0) is 22.4. The van der Waals surface area contributed by atoms with Crippen LogP contribution >= 0.6 is 12.2 Å². The van der Waals surface area contributed by atoms with Crippen LogP contribution in [0.4, 0.5) is 5.69 Å². The first kappa shape index (κ1) is 22.1. The standard InChI is InChI=1S/C22H21N3O5S/c1-2-12-30-21(29)14-6-5-7-15(13-14)23-22(31)24-18(26)10-11-25-19(27)16-8-3-4-9-17(16)20(25)28/h3-9,13H,2,10-12H2,1H3,(H2,23,24,26,31). The molecule has 0 aromatic heterocycles. The largest absolute Gasteiger partial charge is 0.462 e. The molecule has 0 bridgehead atoms. The Morgan fingerprint density at radius 1 is 1.03 bits per heavy atom. The average molecular weight is 439 g/mol. The van der Waals surface area contributed by atoms with Crippen molar-refractivity contribution in [2.75, 3.05) is 18.5 Å². The van der Waals surface area contributed by atoms with Crippen LogP contribution in [-0.4, -0.2) is 46.9 Å². The number of ether oxygens (including phenoxy) is 1. The van der Waals surface area contributed by atoms with E-state index < -0.39 is 23.7 Å². The third-order valence-corrected chi connectivity index (χ3v) is 4.69. The molecule has 0 radical (unpaired) electrons. The second-order valence-electron chi connectivity index (χ2n) is 6.78. The van der Waals surface area contributed by atoms with Crippen LogP contribution in [0.5, 0.6) is 0 Å². The number of carbonyl (C=O) groups is 4. The predicted molar refractivity (Wildman–Crippen MR) is 118 cm³/mol. The normalized spacial score (nSPS) is 12.4. The van der Waals surface area contributed by atoms with Crippen LogP contribution in [0, 0.1) is 0 Å². The number of amides is 3. The van der Waals surface area contributed by atoms with Gasteiger partial charge in [-0.05, 0) is 49.0 Å². The molecule has 2 N–H and O–H groups in total. The number of nitrogens with zero attached hydrogens (tertiary/aromatic N) is 1. The lowest BCUT2D eigenvalue weighted by molar-refractivity contribution is -0.119. The smallest absolute Gasteiger partial charge is 0.338 e. The van der Waals surface area contributed by atoms with Crippen LogP contribution in [0.25, 0.3) is 0 Å². The number of imide groups is 1. The minimum Gasteiger partial charge on any atom is -0.462 e. The van der Waals surface area contributed by atoms with E-state index in [0.29, 0.717) is 29.0 Å². The lowest BCUT2D eigenvalue weighted by Crippen LogP contribution is -2.38. The first-order valence-electron chi connectivity index (χ1n) is 9.74. The van der Waals surface area contributed by atoms with Gasteiger partial charge in [-0.2, -0.15) is 0 Å². The summed E-state index contributed by atoms with van der Waals surface area (Å²) in [6.07, 6.45) is 0.622. The van der Waals surface area contributed by atoms with Crippen molar-refractivity contribution in [3.05, 3.63) is 65.2 Å². The summed E-state index contributed by atoms with van der Waals surface area (Å²) in [6, 6.07) is 13.1. The van der Waals surface area contributed by atoms with Crippen molar-refractivity contribution in [3.8, 4) is 0 Å². The van der Waals surface area contributed by atoms with E-state index in [1.165, 1.54) is 0 Å². The topological polar surface area (TPSA) is 105 Å². The van der Waals surface area contributed by atoms with Crippen molar-refractivity contribution >= 4 is 46.7 Å². The Kier molecular flexibility index (Phi) is 7.09. The lowest BCUT2D eigenvalue weighted by Gasteiger charge is -2.14. The van der Waals surface area contributed by atoms with Crippen molar-refractivity contribution in [1.82, 2.24) is 10.2 Å². The molecule has 2 aromatic rings. The summed E-state index contributed by atoms with van der Waals surface area (Å²) in [7, 11) is 0. The van der Waals surface area contributed by atoms with Gasteiger partial charge in [0.15, 0.2) is 5.11 Å². The van der Waals surface area contributed by atoms with Gasteiger partial charge in [0, 0.05) is 18.7 Å². The molecule has 0 spiro atoms. The van der Waals surface area contributed by atoms with Crippen LogP contribution < -0.4 is 10.6 Å². The van der Waals surface area contributed by atoms with Crippen molar-refractivity contribution in [2.24, 2.45) is 0 Å². The zero-order valence-corrected chi connectivity index (χ0v) is 17.7. The number of nitrogens with one attached hydrogen (secondary N) is 2. The molecule has 3 rings (SSSR count). The Labute approximate surface area is 184 Å². The fraction of sp³-hybridized carbons (Fsp3) is 0.227. The van der Waals surface area contributed by atoms with Crippen LogP contribution in [-0.2, 0) is 9.53 Å². The number of esters is 1. The molecular weight excluding hydrogens is 418 g/mol. The van der Waals surface area contributed by atoms with E-state index in [-0.39, 0.29) is 18.1 Å². The number of fused-ring (bicyclic) bond motifs is 1. The molecule has 8 nitrogen and oxygen atoms in total. The van der Waals surface area contributed by atoms with Crippen molar-refractivity contribution < 1.29 is 23.9 Å². The van der Waals surface area contributed by atoms with Gasteiger partial charge in [-0.1, -0.05) is 25.1 Å². The van der Waals surface area contributed by atoms with Gasteiger partial charge in [-0.25, -0.2) is 4.79 Å². The molecule has 0 fully saturated rings. The molecule has 0 aliphatic carbocycles. The van der Waals surface area contributed by atoms with E-state index in [9.17, 15) is 19.2 Å². The number of benzene rings is 2. The van der Waals surface area contributed by atoms with Crippen molar-refractivity contribution in [3.63, 3.8) is 0 Å². The molecule has 1 aliphatic heterocycles. The van der Waals surface area contributed by atoms with Gasteiger partial charge in [-0.15, -0.1) is 0 Å². The third kappa shape index (κ3) is 5.32. The fourth-order valence-corrected chi connectivity index (χ4v) is 3.24. The lowest BCUT2D eigenvalue weighted by atomic mass is 10.1. The van der Waals surface area contributed by atoms with Gasteiger partial charge in [-0.3, -0.25) is 19.3 Å². The van der Waals surface area contributed by atoms with E-state index in [0.717, 1.165) is 11.3 Å². The summed E-state index contributed by atoms with van der Waals surface area (Å²) in [4.78, 5) is 49.9. The number of rotatable bonds is 7. The van der Waals surface area contributed by atoms with Crippen LogP contribution in [0.15, 0.2) is 48.5 Å². The van der Waals surface area contributed by atoms with Crippen molar-refractivity contribution in [2.45, 2.75) is 19.8 Å². The van der Waals surface area contributed by atoms with E-state index in [1.54, 1.807) is 48.5 Å². The number of anilines is 1. The molecule has 1 aliphatic rings. The molecule has 31 heavy (non-hydrogen) atoms. The van der Waals surface area contributed by atoms with Gasteiger partial charge in [0.2, 0.25) is 5.91 Å². The van der Waals surface area contributed by atoms with Crippen LogP contribution in [0.2, 0.25) is 0 Å². The SMILES string of the molecule is CCCOC(=O)c1cccc(NC(=S)NC(=O)CCN2C(=O)c3ccccc3C2=O)c1. The maximum Gasteiger partial charge on any atom is 0.338 e. The number of thiocarbonyl (C=S) groups is 1. The van der Waals surface area contributed by atoms with Gasteiger partial charge < -0.3 is 15.4 Å². The Morgan fingerprint density at radius 2 is 1.71 bits per heavy atom. The molecule has 160 valence electrons. The van der Waals surface area contributed by atoms with Crippen LogP contribution in [0.3, 0.4) is 0 Å². The highest BCUT2D eigenvalue weighted by molar-refractivity contribution is 7.80. The molecular formula is C22H21N3O5S. The first-order chi connectivity index (χ1) is 14.9. The number of carbonyl (C=O) groups excluding carboxylic acids is 4. The molecule has 0 unspecified atom stereocenters. The minimum atomic E-state index is -0.451. The summed E-state index contributed by atoms with van der Waals surface area (Å²) in [6.45, 7) is 2.18. The van der Waals surface area contributed by atoms with Crippen LogP contribution in [0.1, 0.15) is 50.8 Å². The Bertz CT molecular complexity index is 1020. The summed E-state index contributed by atoms with van der Waals surface area (Å²) < 4.78 is 5.09. The Balaban J connectivity index is 1.50. The van der Waals surface area contributed by atoms with Gasteiger partial charge in [0.25, 0.3) is 11.8 Å². The minimum absolute atomic E-state index is 0.0337. The van der Waals surface area contributed by atoms with E-state index in [1.807, 2.05) is 6.92 Å². The molecule has 1 heterocycles. The highest BCUT2D eigenvalue weighted by Gasteiger charge is 2.34. The first-order valence-corrected chi connectivity index (χ1v) is 10.1. The van der Waals surface area contributed by atoms with E-state index in [2.05, 4.69) is 10.6 Å². The maximum atomic E-state index is 12.3. The summed E-state index contributed by atoms with van der Waals surface area (Å²) >= 11 is 5.14. The second-order valence-corrected chi connectivity index (χ2v) is 7.18. The molecule has 9 heteroatoms. The highest BCUT2D eigenvalue weighted by Crippen LogP contribution is 2.22. The quantitative estimate of drug-likeness (QED) is 0.388. The van der Waals surface area contributed by atoms with E-state index in [4.69, 9.17) is 17.0 Å². The van der Waals surface area contributed by atoms with Gasteiger partial charge in [0.1, 0.15) is 0 Å². The third-order valence-electron chi connectivity index (χ3n) is 4.49. The average Bonchev–Trinajstić information content (AvgIpc) is 3.00. The van der Waals surface area contributed by atoms with E-state index >= 15 is 0 Å². The highest BCUT2D eigenvalue weighted by atomic mass is 32.1. The summed E-state index contributed by atoms with van der Waals surface area (Å²) in [5.41, 5.74) is 1.54. The summed E-state index contributed by atoms with van der Waals surface area (Å²) in [5, 5.41) is 5.36. The summed E-state index contributed by atoms with van der Waals surface area (Å²) in [5.74, 6) is -1.73. The molecule has 3 amide bonds. The number of hydrogen-bond acceptors (Lipinski definition) is 6. The number of hydrogen-bond donors (Lipinski definition) is 2. The maximum absolute atomic E-state index is 12.3. The zero-order valence-electron chi connectivity index (χ0n) is 16.8. The molecule has 0 atom stereocenters. The Hall–Kier alpha value is -3.59. The second kappa shape index (κ2) is 9.94. The molecule has 0 saturated heterocycles. The van der Waals surface area contributed by atoms with Crippen molar-refractivity contribution in [1.29, 1.82) is 0 Å². The van der Waals surface area contributed by atoms with Gasteiger partial charge >= 0.3 is 5.97 Å². The monoisotopic (exact) mass is 439 g/mol. The van der Waals surface area contributed by atoms with Gasteiger partial charge in [0.05, 0.1) is 23.3 Å². The molecule has 0 saturated carbocycles. The molecule has 2 aromatic carbocycles. The predicted octanol–water partition coefficient (Wildman–Crippen LogP) is 2.75.